The third kappa shape index (κ3) is 3.70. The molecule has 5 heteroatoms. The van der Waals surface area contributed by atoms with Crippen LogP contribution < -0.4 is 5.32 Å². The van der Waals surface area contributed by atoms with Gasteiger partial charge in [-0.15, -0.1) is 0 Å². The first-order valence-corrected chi connectivity index (χ1v) is 6.68. The van der Waals surface area contributed by atoms with E-state index in [-0.39, 0.29) is 24.4 Å². The minimum absolute atomic E-state index is 0.0505. The predicted octanol–water partition coefficient (Wildman–Crippen LogP) is 2.60. The highest BCUT2D eigenvalue weighted by atomic mass is 35.5. The molecule has 0 spiro atoms. The van der Waals surface area contributed by atoms with Crippen molar-refractivity contribution in [1.29, 1.82) is 0 Å². The van der Waals surface area contributed by atoms with Crippen LogP contribution in [0.25, 0.3) is 0 Å². The molecule has 1 N–H and O–H groups in total. The number of halogens is 1. The van der Waals surface area contributed by atoms with Crippen molar-refractivity contribution in [2.75, 3.05) is 11.9 Å². The number of aryl methyl sites for hydroxylation is 1. The molecule has 1 aromatic rings. The standard InChI is InChI=1S/C14H17ClN2O2/c1-9-7-11(15)3-6-13(9)16-14(19)8-17(10(2)18)12-4-5-12/h3,6-7,12H,4-5,8H2,1-2H3,(H,16,19). The number of nitrogens with one attached hydrogen (secondary N) is 1. The van der Waals surface area contributed by atoms with Crippen molar-refractivity contribution >= 4 is 29.1 Å². The maximum atomic E-state index is 12.0. The number of nitrogens with zero attached hydrogens (tertiary/aromatic N) is 1. The van der Waals surface area contributed by atoms with E-state index in [2.05, 4.69) is 5.32 Å². The van der Waals surface area contributed by atoms with E-state index < -0.39 is 0 Å². The smallest absolute Gasteiger partial charge is 0.244 e. The van der Waals surface area contributed by atoms with Crippen molar-refractivity contribution in [3.63, 3.8) is 0 Å². The van der Waals surface area contributed by atoms with Gasteiger partial charge in [0.15, 0.2) is 0 Å². The van der Waals surface area contributed by atoms with Crippen LogP contribution in [0.1, 0.15) is 25.3 Å². The van der Waals surface area contributed by atoms with E-state index in [4.69, 9.17) is 11.6 Å². The Morgan fingerprint density at radius 1 is 1.42 bits per heavy atom. The first-order valence-electron chi connectivity index (χ1n) is 6.30. The molecule has 2 rings (SSSR count). The fourth-order valence-corrected chi connectivity index (χ4v) is 2.22. The molecular formula is C14H17ClN2O2. The van der Waals surface area contributed by atoms with Gasteiger partial charge in [0, 0.05) is 23.7 Å². The number of hydrogen-bond donors (Lipinski definition) is 1. The number of carbonyl (C=O) groups excluding carboxylic acids is 2. The van der Waals surface area contributed by atoms with Gasteiger partial charge in [-0.3, -0.25) is 9.59 Å². The molecule has 0 saturated heterocycles. The van der Waals surface area contributed by atoms with E-state index in [1.54, 1.807) is 23.1 Å². The Morgan fingerprint density at radius 3 is 2.63 bits per heavy atom. The summed E-state index contributed by atoms with van der Waals surface area (Å²) >= 11 is 5.86. The highest BCUT2D eigenvalue weighted by Crippen LogP contribution is 2.27. The molecule has 102 valence electrons. The number of rotatable bonds is 4. The van der Waals surface area contributed by atoms with Crippen molar-refractivity contribution < 1.29 is 9.59 Å². The summed E-state index contributed by atoms with van der Waals surface area (Å²) in [4.78, 5) is 25.0. The number of benzene rings is 1. The van der Waals surface area contributed by atoms with Crippen molar-refractivity contribution in [3.8, 4) is 0 Å². The lowest BCUT2D eigenvalue weighted by molar-refractivity contribution is -0.133. The van der Waals surface area contributed by atoms with Crippen LogP contribution >= 0.6 is 11.6 Å². The lowest BCUT2D eigenvalue weighted by Gasteiger charge is -2.20. The van der Waals surface area contributed by atoms with Gasteiger partial charge >= 0.3 is 0 Å². The average Bonchev–Trinajstić information content (AvgIpc) is 3.13. The fourth-order valence-electron chi connectivity index (χ4n) is 2.00. The van der Waals surface area contributed by atoms with Crippen LogP contribution in [-0.4, -0.2) is 29.3 Å². The molecule has 2 amide bonds. The molecule has 4 nitrogen and oxygen atoms in total. The van der Waals surface area contributed by atoms with Crippen LogP contribution in [-0.2, 0) is 9.59 Å². The number of hydrogen-bond acceptors (Lipinski definition) is 2. The number of carbonyl (C=O) groups is 2. The highest BCUT2D eigenvalue weighted by molar-refractivity contribution is 6.30. The molecule has 19 heavy (non-hydrogen) atoms. The van der Waals surface area contributed by atoms with Gasteiger partial charge in [0.05, 0.1) is 0 Å². The summed E-state index contributed by atoms with van der Waals surface area (Å²) in [5, 5.41) is 3.45. The predicted molar refractivity (Wildman–Crippen MR) is 75.2 cm³/mol. The van der Waals surface area contributed by atoms with E-state index in [1.807, 2.05) is 6.92 Å². The molecule has 1 fully saturated rings. The second-order valence-electron chi connectivity index (χ2n) is 4.89. The van der Waals surface area contributed by atoms with Gasteiger partial charge in [-0.2, -0.15) is 0 Å². The first-order chi connectivity index (χ1) is 8.97. The zero-order chi connectivity index (χ0) is 14.0. The van der Waals surface area contributed by atoms with Crippen molar-refractivity contribution in [3.05, 3.63) is 28.8 Å². The van der Waals surface area contributed by atoms with Crippen molar-refractivity contribution in [1.82, 2.24) is 4.90 Å². The van der Waals surface area contributed by atoms with Crippen molar-refractivity contribution in [2.24, 2.45) is 0 Å². The minimum Gasteiger partial charge on any atom is -0.331 e. The largest absolute Gasteiger partial charge is 0.331 e. The van der Waals surface area contributed by atoms with Gasteiger partial charge in [-0.1, -0.05) is 11.6 Å². The van der Waals surface area contributed by atoms with Crippen LogP contribution in [0.3, 0.4) is 0 Å². The van der Waals surface area contributed by atoms with E-state index >= 15 is 0 Å². The summed E-state index contributed by atoms with van der Waals surface area (Å²) in [5.41, 5.74) is 1.63. The fraction of sp³-hybridized carbons (Fsp3) is 0.429. The summed E-state index contributed by atoms with van der Waals surface area (Å²) in [5.74, 6) is -0.224. The third-order valence-electron chi connectivity index (χ3n) is 3.17. The summed E-state index contributed by atoms with van der Waals surface area (Å²) in [7, 11) is 0. The molecule has 1 aromatic carbocycles. The summed E-state index contributed by atoms with van der Waals surface area (Å²) < 4.78 is 0. The third-order valence-corrected chi connectivity index (χ3v) is 3.40. The normalized spacial score (nSPS) is 14.1. The summed E-state index contributed by atoms with van der Waals surface area (Å²) in [6, 6.07) is 5.54. The lowest BCUT2D eigenvalue weighted by atomic mass is 10.2. The van der Waals surface area contributed by atoms with Gasteiger partial charge in [-0.25, -0.2) is 0 Å². The molecular weight excluding hydrogens is 264 g/mol. The van der Waals surface area contributed by atoms with Crippen LogP contribution in [0.5, 0.6) is 0 Å². The SMILES string of the molecule is CC(=O)N(CC(=O)Nc1ccc(Cl)cc1C)C1CC1. The Labute approximate surface area is 117 Å². The van der Waals surface area contributed by atoms with Crippen molar-refractivity contribution in [2.45, 2.75) is 32.7 Å². The molecule has 1 saturated carbocycles. The highest BCUT2D eigenvalue weighted by Gasteiger charge is 2.32. The summed E-state index contributed by atoms with van der Waals surface area (Å²) in [6.07, 6.45) is 1.99. The van der Waals surface area contributed by atoms with E-state index in [0.717, 1.165) is 24.1 Å². The molecule has 1 aliphatic rings. The van der Waals surface area contributed by atoms with Crippen LogP contribution in [0, 0.1) is 6.92 Å². The van der Waals surface area contributed by atoms with Gasteiger partial charge in [0.25, 0.3) is 0 Å². The molecule has 0 unspecified atom stereocenters. The molecule has 0 bridgehead atoms. The Morgan fingerprint density at radius 2 is 2.11 bits per heavy atom. The quantitative estimate of drug-likeness (QED) is 0.922. The topological polar surface area (TPSA) is 49.4 Å². The average molecular weight is 281 g/mol. The molecule has 0 radical (unpaired) electrons. The zero-order valence-corrected chi connectivity index (χ0v) is 11.8. The molecule has 0 heterocycles. The van der Waals surface area contributed by atoms with Crippen LogP contribution in [0.15, 0.2) is 18.2 Å². The van der Waals surface area contributed by atoms with Crippen LogP contribution in [0.2, 0.25) is 5.02 Å². The van der Waals surface area contributed by atoms with Gasteiger partial charge in [0.2, 0.25) is 11.8 Å². The second kappa shape index (κ2) is 5.61. The van der Waals surface area contributed by atoms with Gasteiger partial charge < -0.3 is 10.2 Å². The van der Waals surface area contributed by atoms with E-state index in [1.165, 1.54) is 6.92 Å². The molecule has 0 aliphatic heterocycles. The minimum atomic E-state index is -0.174. The number of amides is 2. The maximum absolute atomic E-state index is 12.0. The Hall–Kier alpha value is -1.55. The Bertz CT molecular complexity index is 512. The van der Waals surface area contributed by atoms with Gasteiger partial charge in [-0.05, 0) is 43.5 Å². The molecule has 1 aliphatic carbocycles. The zero-order valence-electron chi connectivity index (χ0n) is 11.1. The van der Waals surface area contributed by atoms with E-state index in [0.29, 0.717) is 5.02 Å². The molecule has 0 atom stereocenters. The van der Waals surface area contributed by atoms with Crippen LogP contribution in [0.4, 0.5) is 5.69 Å². The number of anilines is 1. The summed E-state index contributed by atoms with van der Waals surface area (Å²) in [6.45, 7) is 3.49. The van der Waals surface area contributed by atoms with E-state index in [9.17, 15) is 9.59 Å². The van der Waals surface area contributed by atoms with Gasteiger partial charge in [0.1, 0.15) is 6.54 Å². The first kappa shape index (κ1) is 13.9. The molecule has 0 aromatic heterocycles. The maximum Gasteiger partial charge on any atom is 0.244 e. The Balaban J connectivity index is 1.98. The Kier molecular flexibility index (Phi) is 4.10. The second-order valence-corrected chi connectivity index (χ2v) is 5.32. The monoisotopic (exact) mass is 280 g/mol. The lowest BCUT2D eigenvalue weighted by Crippen LogP contribution is -2.38.